The summed E-state index contributed by atoms with van der Waals surface area (Å²) in [7, 11) is 0. The Labute approximate surface area is 116 Å². The lowest BCUT2D eigenvalue weighted by molar-refractivity contribution is -0.0408. The summed E-state index contributed by atoms with van der Waals surface area (Å²) in [6, 6.07) is 0. The molecular formula is C18H36. The maximum Gasteiger partial charge on any atom is -0.0298 e. The molecule has 0 radical (unpaired) electrons. The fourth-order valence-electron chi connectivity index (χ4n) is 4.24. The van der Waals surface area contributed by atoms with E-state index in [2.05, 4.69) is 55.4 Å². The largest absolute Gasteiger partial charge is 0.0654 e. The van der Waals surface area contributed by atoms with Gasteiger partial charge in [-0.25, -0.2) is 0 Å². The first-order chi connectivity index (χ1) is 8.23. The van der Waals surface area contributed by atoms with Crippen molar-refractivity contribution >= 4 is 0 Å². The van der Waals surface area contributed by atoms with E-state index in [0.717, 1.165) is 35.5 Å². The van der Waals surface area contributed by atoms with Gasteiger partial charge in [0.1, 0.15) is 0 Å². The van der Waals surface area contributed by atoms with Gasteiger partial charge in [0.05, 0.1) is 0 Å². The van der Waals surface area contributed by atoms with E-state index in [9.17, 15) is 0 Å². The summed E-state index contributed by atoms with van der Waals surface area (Å²) in [5.74, 6) is 5.43. The number of hydrogen-bond donors (Lipinski definition) is 0. The van der Waals surface area contributed by atoms with Crippen molar-refractivity contribution in [3.63, 3.8) is 0 Å². The van der Waals surface area contributed by atoms with Gasteiger partial charge in [0.25, 0.3) is 0 Å². The van der Waals surface area contributed by atoms with Gasteiger partial charge < -0.3 is 0 Å². The van der Waals surface area contributed by atoms with Crippen LogP contribution in [-0.4, -0.2) is 0 Å². The molecule has 0 aromatic rings. The molecule has 0 amide bonds. The Morgan fingerprint density at radius 3 is 2.06 bits per heavy atom. The van der Waals surface area contributed by atoms with E-state index >= 15 is 0 Å². The third kappa shape index (κ3) is 2.94. The van der Waals surface area contributed by atoms with E-state index in [1.165, 1.54) is 19.3 Å². The minimum atomic E-state index is 0.477. The Bertz CT molecular complexity index is 251. The molecule has 108 valence electrons. The molecule has 5 atom stereocenters. The topological polar surface area (TPSA) is 0 Å². The van der Waals surface area contributed by atoms with Crippen LogP contribution in [0.3, 0.4) is 0 Å². The minimum absolute atomic E-state index is 0.477. The Hall–Kier alpha value is 0. The summed E-state index contributed by atoms with van der Waals surface area (Å²) >= 11 is 0. The van der Waals surface area contributed by atoms with Crippen LogP contribution in [0.1, 0.15) is 74.7 Å². The van der Waals surface area contributed by atoms with Gasteiger partial charge in [0.2, 0.25) is 0 Å². The van der Waals surface area contributed by atoms with E-state index in [4.69, 9.17) is 0 Å². The zero-order valence-corrected chi connectivity index (χ0v) is 14.1. The van der Waals surface area contributed by atoms with Crippen LogP contribution in [0.5, 0.6) is 0 Å². The lowest BCUT2D eigenvalue weighted by Gasteiger charge is -2.53. The highest BCUT2D eigenvalue weighted by molar-refractivity contribution is 4.95. The molecular weight excluding hydrogens is 216 g/mol. The smallest absolute Gasteiger partial charge is 0.0298 e. The Balaban J connectivity index is 2.71. The van der Waals surface area contributed by atoms with Crippen molar-refractivity contribution in [3.8, 4) is 0 Å². The highest BCUT2D eigenvalue weighted by atomic mass is 14.5. The lowest BCUT2D eigenvalue weighted by atomic mass is 9.52. The normalized spacial score (nSPS) is 32.2. The second-order valence-corrected chi connectivity index (χ2v) is 7.97. The molecule has 0 aromatic carbocycles. The van der Waals surface area contributed by atoms with Gasteiger partial charge in [-0.1, -0.05) is 68.2 Å². The van der Waals surface area contributed by atoms with E-state index in [-0.39, 0.29) is 0 Å². The van der Waals surface area contributed by atoms with Crippen LogP contribution >= 0.6 is 0 Å². The Morgan fingerprint density at radius 2 is 1.67 bits per heavy atom. The van der Waals surface area contributed by atoms with Crippen molar-refractivity contribution in [2.45, 2.75) is 74.7 Å². The molecule has 1 saturated carbocycles. The molecule has 18 heavy (non-hydrogen) atoms. The summed E-state index contributed by atoms with van der Waals surface area (Å²) in [6.07, 6.45) is 4.28. The molecule has 0 nitrogen and oxygen atoms in total. The molecule has 0 N–H and O–H groups in total. The van der Waals surface area contributed by atoms with E-state index in [1.807, 2.05) is 0 Å². The van der Waals surface area contributed by atoms with Gasteiger partial charge >= 0.3 is 0 Å². The highest BCUT2D eigenvalue weighted by Gasteiger charge is 2.46. The van der Waals surface area contributed by atoms with Gasteiger partial charge in [-0.15, -0.1) is 0 Å². The molecule has 1 aliphatic rings. The number of hydrogen-bond acceptors (Lipinski definition) is 0. The average molecular weight is 252 g/mol. The monoisotopic (exact) mass is 252 g/mol. The summed E-state index contributed by atoms with van der Waals surface area (Å²) in [6.45, 7) is 19.6. The molecule has 1 fully saturated rings. The fourth-order valence-corrected chi connectivity index (χ4v) is 4.24. The van der Waals surface area contributed by atoms with Crippen LogP contribution in [0.4, 0.5) is 0 Å². The lowest BCUT2D eigenvalue weighted by Crippen LogP contribution is -2.46. The van der Waals surface area contributed by atoms with Gasteiger partial charge in [-0.2, -0.15) is 0 Å². The van der Waals surface area contributed by atoms with Crippen molar-refractivity contribution in [1.82, 2.24) is 0 Å². The van der Waals surface area contributed by atoms with E-state index < -0.39 is 0 Å². The second-order valence-electron chi connectivity index (χ2n) is 7.97. The number of rotatable bonds is 6. The predicted molar refractivity (Wildman–Crippen MR) is 82.6 cm³/mol. The molecule has 5 unspecified atom stereocenters. The average Bonchev–Trinajstić information content (AvgIpc) is 2.30. The van der Waals surface area contributed by atoms with Crippen molar-refractivity contribution in [2.75, 3.05) is 0 Å². The standard InChI is InChI=1S/C18H36/c1-9-10-16-13(4)11-17(16)15(6)18(7,8)14(5)12(2)3/h12-17H,9-11H2,1-8H3. The van der Waals surface area contributed by atoms with Gasteiger partial charge in [-0.3, -0.25) is 0 Å². The van der Waals surface area contributed by atoms with Crippen LogP contribution in [-0.2, 0) is 0 Å². The molecule has 0 saturated heterocycles. The molecule has 1 aliphatic carbocycles. The summed E-state index contributed by atoms with van der Waals surface area (Å²) in [5.41, 5.74) is 0.477. The fraction of sp³-hybridized carbons (Fsp3) is 1.00. The molecule has 0 heterocycles. The second kappa shape index (κ2) is 5.97. The van der Waals surface area contributed by atoms with Crippen molar-refractivity contribution in [3.05, 3.63) is 0 Å². The molecule has 1 rings (SSSR count). The first-order valence-electron chi connectivity index (χ1n) is 8.23. The Morgan fingerprint density at radius 1 is 1.11 bits per heavy atom. The van der Waals surface area contributed by atoms with Crippen molar-refractivity contribution in [2.24, 2.45) is 40.9 Å². The summed E-state index contributed by atoms with van der Waals surface area (Å²) in [4.78, 5) is 0. The van der Waals surface area contributed by atoms with Crippen LogP contribution < -0.4 is 0 Å². The summed E-state index contributed by atoms with van der Waals surface area (Å²) in [5, 5.41) is 0. The third-order valence-electron chi connectivity index (χ3n) is 6.54. The first kappa shape index (κ1) is 16.1. The van der Waals surface area contributed by atoms with Crippen molar-refractivity contribution < 1.29 is 0 Å². The molecule has 0 heteroatoms. The van der Waals surface area contributed by atoms with Gasteiger partial charge in [0, 0.05) is 0 Å². The van der Waals surface area contributed by atoms with Crippen molar-refractivity contribution in [1.29, 1.82) is 0 Å². The maximum atomic E-state index is 2.53. The zero-order valence-electron chi connectivity index (χ0n) is 14.1. The van der Waals surface area contributed by atoms with Crippen LogP contribution in [0, 0.1) is 40.9 Å². The maximum absolute atomic E-state index is 2.53. The van der Waals surface area contributed by atoms with E-state index in [1.54, 1.807) is 0 Å². The minimum Gasteiger partial charge on any atom is -0.0654 e. The zero-order chi connectivity index (χ0) is 14.1. The molecule has 0 spiro atoms. The molecule has 0 aliphatic heterocycles. The Kier molecular flexibility index (Phi) is 5.32. The van der Waals surface area contributed by atoms with Gasteiger partial charge in [-0.05, 0) is 47.3 Å². The van der Waals surface area contributed by atoms with Crippen LogP contribution in [0.25, 0.3) is 0 Å². The molecule has 0 aromatic heterocycles. The van der Waals surface area contributed by atoms with Crippen LogP contribution in [0.15, 0.2) is 0 Å². The quantitative estimate of drug-likeness (QED) is 0.543. The van der Waals surface area contributed by atoms with Crippen LogP contribution in [0.2, 0.25) is 0 Å². The summed E-state index contributed by atoms with van der Waals surface area (Å²) < 4.78 is 0. The van der Waals surface area contributed by atoms with Gasteiger partial charge in [0.15, 0.2) is 0 Å². The molecule has 0 bridgehead atoms. The third-order valence-corrected chi connectivity index (χ3v) is 6.54. The highest BCUT2D eigenvalue weighted by Crippen LogP contribution is 2.54. The van der Waals surface area contributed by atoms with E-state index in [0.29, 0.717) is 5.41 Å². The first-order valence-corrected chi connectivity index (χ1v) is 8.23. The SMILES string of the molecule is CCCC1C(C)CC1C(C)C(C)(C)C(C)C(C)C. The predicted octanol–water partition coefficient (Wildman–Crippen LogP) is 6.01.